The standard InChI is InChI=1S/C10H8O3S.H3O3P/c11-14(12,13)10-7-3-5-8-4-1-2-6-9(8)10;1-4(2)3/h1-7H,(H,11,12,13);4H,(H2,1,2,3). The third kappa shape index (κ3) is 4.21. The van der Waals surface area contributed by atoms with Gasteiger partial charge in [-0.15, -0.1) is 0 Å². The van der Waals surface area contributed by atoms with Gasteiger partial charge in [0.15, 0.2) is 0 Å². The Hall–Kier alpha value is -1.24. The van der Waals surface area contributed by atoms with Gasteiger partial charge in [-0.3, -0.25) is 9.12 Å². The molecule has 2 rings (SSSR count). The molecule has 6 nitrogen and oxygen atoms in total. The summed E-state index contributed by atoms with van der Waals surface area (Å²) >= 11 is 0. The highest BCUT2D eigenvalue weighted by molar-refractivity contribution is 7.86. The predicted octanol–water partition coefficient (Wildman–Crippen LogP) is 1.45. The summed E-state index contributed by atoms with van der Waals surface area (Å²) in [6.45, 7) is 0. The highest BCUT2D eigenvalue weighted by atomic mass is 32.2. The minimum atomic E-state index is -4.13. The molecule has 0 aliphatic rings. The Labute approximate surface area is 104 Å². The van der Waals surface area contributed by atoms with E-state index >= 15 is 0 Å². The first kappa shape index (κ1) is 14.8. The zero-order chi connectivity index (χ0) is 13.8. The number of hydrogen-bond acceptors (Lipinski definition) is 3. The first-order valence-corrected chi connectivity index (χ1v) is 7.44. The van der Waals surface area contributed by atoms with Crippen LogP contribution in [0.4, 0.5) is 0 Å². The van der Waals surface area contributed by atoms with Crippen molar-refractivity contribution in [2.45, 2.75) is 4.90 Å². The summed E-state index contributed by atoms with van der Waals surface area (Å²) in [6.07, 6.45) is 0. The van der Waals surface area contributed by atoms with Crippen molar-refractivity contribution in [1.82, 2.24) is 0 Å². The molecule has 0 saturated heterocycles. The minimum Gasteiger partial charge on any atom is -0.326 e. The fourth-order valence-electron chi connectivity index (χ4n) is 1.42. The van der Waals surface area contributed by atoms with E-state index in [1.54, 1.807) is 30.3 Å². The van der Waals surface area contributed by atoms with Gasteiger partial charge in [-0.25, -0.2) is 0 Å². The molecule has 2 aromatic carbocycles. The lowest BCUT2D eigenvalue weighted by molar-refractivity contribution is 0.405. The lowest BCUT2D eigenvalue weighted by Gasteiger charge is -2.02. The zero-order valence-electron chi connectivity index (χ0n) is 9.02. The fourth-order valence-corrected chi connectivity index (χ4v) is 2.13. The van der Waals surface area contributed by atoms with Gasteiger partial charge in [0.1, 0.15) is 4.90 Å². The van der Waals surface area contributed by atoms with Crippen LogP contribution in [0, 0.1) is 0 Å². The molecule has 8 heteroatoms. The van der Waals surface area contributed by atoms with E-state index in [9.17, 15) is 8.42 Å². The molecule has 0 aromatic heterocycles. The molecule has 0 radical (unpaired) electrons. The summed E-state index contributed by atoms with van der Waals surface area (Å²) in [6, 6.07) is 11.8. The summed E-state index contributed by atoms with van der Waals surface area (Å²) in [4.78, 5) is 14.3. The Kier molecular flexibility index (Phi) is 5.01. The minimum absolute atomic E-state index is 0.0457. The zero-order valence-corrected chi connectivity index (χ0v) is 10.8. The Morgan fingerprint density at radius 1 is 0.944 bits per heavy atom. The Bertz CT molecular complexity index is 658. The van der Waals surface area contributed by atoms with Crippen LogP contribution in [-0.4, -0.2) is 22.8 Å². The quantitative estimate of drug-likeness (QED) is 0.541. The maximum atomic E-state index is 11.0. The maximum Gasteiger partial charge on any atom is 0.314 e. The van der Waals surface area contributed by atoms with Crippen molar-refractivity contribution in [3.63, 3.8) is 0 Å². The topological polar surface area (TPSA) is 112 Å². The van der Waals surface area contributed by atoms with Gasteiger partial charge < -0.3 is 9.79 Å². The first-order valence-electron chi connectivity index (χ1n) is 4.69. The van der Waals surface area contributed by atoms with Crippen LogP contribution in [-0.2, 0) is 14.7 Å². The van der Waals surface area contributed by atoms with Crippen LogP contribution in [0.3, 0.4) is 0 Å². The van der Waals surface area contributed by atoms with Gasteiger partial charge in [0.25, 0.3) is 10.1 Å². The van der Waals surface area contributed by atoms with Crippen LogP contribution in [0.25, 0.3) is 10.8 Å². The molecule has 2 aromatic rings. The van der Waals surface area contributed by atoms with E-state index in [0.717, 1.165) is 5.39 Å². The Morgan fingerprint density at radius 2 is 1.44 bits per heavy atom. The lowest BCUT2D eigenvalue weighted by Crippen LogP contribution is -1.98. The molecule has 0 heterocycles. The second kappa shape index (κ2) is 6.08. The molecule has 0 amide bonds. The highest BCUT2D eigenvalue weighted by Gasteiger charge is 2.12. The average Bonchev–Trinajstić information content (AvgIpc) is 2.26. The summed E-state index contributed by atoms with van der Waals surface area (Å²) in [5.74, 6) is 0. The predicted molar refractivity (Wildman–Crippen MR) is 67.2 cm³/mol. The number of fused-ring (bicyclic) bond motifs is 1. The van der Waals surface area contributed by atoms with Crippen LogP contribution in [0.2, 0.25) is 0 Å². The molecule has 98 valence electrons. The fraction of sp³-hybridized carbons (Fsp3) is 0. The van der Waals surface area contributed by atoms with Gasteiger partial charge >= 0.3 is 8.25 Å². The molecule has 0 saturated carbocycles. The normalized spacial score (nSPS) is 11.1. The van der Waals surface area contributed by atoms with E-state index in [2.05, 4.69) is 0 Å². The smallest absolute Gasteiger partial charge is 0.314 e. The summed E-state index contributed by atoms with van der Waals surface area (Å²) in [5, 5.41) is 1.33. The van der Waals surface area contributed by atoms with Gasteiger partial charge in [-0.1, -0.05) is 36.4 Å². The van der Waals surface area contributed by atoms with Crippen molar-refractivity contribution in [3.8, 4) is 0 Å². The maximum absolute atomic E-state index is 11.0. The van der Waals surface area contributed by atoms with Crippen molar-refractivity contribution in [2.75, 3.05) is 0 Å². The van der Waals surface area contributed by atoms with E-state index in [-0.39, 0.29) is 4.90 Å². The molecule has 0 aliphatic carbocycles. The van der Waals surface area contributed by atoms with Crippen molar-refractivity contribution in [3.05, 3.63) is 42.5 Å². The second-order valence-electron chi connectivity index (χ2n) is 3.23. The van der Waals surface area contributed by atoms with Gasteiger partial charge in [-0.2, -0.15) is 8.42 Å². The largest absolute Gasteiger partial charge is 0.326 e. The molecule has 0 atom stereocenters. The molecule has 18 heavy (non-hydrogen) atoms. The first-order chi connectivity index (χ1) is 8.32. The van der Waals surface area contributed by atoms with Crippen molar-refractivity contribution in [1.29, 1.82) is 0 Å². The third-order valence-corrected chi connectivity index (χ3v) is 2.94. The van der Waals surface area contributed by atoms with Gasteiger partial charge in [0.2, 0.25) is 0 Å². The lowest BCUT2D eigenvalue weighted by atomic mass is 10.1. The monoisotopic (exact) mass is 290 g/mol. The number of rotatable bonds is 1. The summed E-state index contributed by atoms with van der Waals surface area (Å²) in [5.41, 5.74) is 0. The summed E-state index contributed by atoms with van der Waals surface area (Å²) in [7, 11) is -7.26. The van der Waals surface area contributed by atoms with Crippen LogP contribution in [0.1, 0.15) is 0 Å². The van der Waals surface area contributed by atoms with Gasteiger partial charge in [0.05, 0.1) is 0 Å². The van der Waals surface area contributed by atoms with Crippen molar-refractivity contribution >= 4 is 29.1 Å². The average molecular weight is 290 g/mol. The molecule has 3 N–H and O–H groups in total. The number of hydrogen-bond donors (Lipinski definition) is 3. The highest BCUT2D eigenvalue weighted by Crippen LogP contribution is 2.21. The van der Waals surface area contributed by atoms with Crippen LogP contribution >= 0.6 is 8.25 Å². The van der Waals surface area contributed by atoms with Crippen LogP contribution in [0.5, 0.6) is 0 Å². The Morgan fingerprint density at radius 3 is 2.00 bits per heavy atom. The van der Waals surface area contributed by atoms with E-state index in [4.69, 9.17) is 18.9 Å². The van der Waals surface area contributed by atoms with Crippen molar-refractivity contribution < 1.29 is 27.3 Å². The number of benzene rings is 2. The van der Waals surface area contributed by atoms with Gasteiger partial charge in [-0.05, 0) is 11.5 Å². The molecular formula is C10H11O6PS. The summed E-state index contributed by atoms with van der Waals surface area (Å²) < 4.78 is 39.7. The van der Waals surface area contributed by atoms with Crippen LogP contribution in [0.15, 0.2) is 47.4 Å². The molecule has 0 aliphatic heterocycles. The van der Waals surface area contributed by atoms with E-state index in [1.165, 1.54) is 6.07 Å². The third-order valence-electron chi connectivity index (χ3n) is 2.03. The van der Waals surface area contributed by atoms with E-state index in [1.807, 2.05) is 6.07 Å². The molecule has 0 fully saturated rings. The molecular weight excluding hydrogens is 279 g/mol. The molecule has 0 bridgehead atoms. The van der Waals surface area contributed by atoms with Crippen molar-refractivity contribution in [2.24, 2.45) is 0 Å². The van der Waals surface area contributed by atoms with Gasteiger partial charge in [0, 0.05) is 5.39 Å². The Balaban J connectivity index is 0.000000357. The molecule has 0 unspecified atom stereocenters. The second-order valence-corrected chi connectivity index (χ2v) is 5.19. The van der Waals surface area contributed by atoms with E-state index in [0.29, 0.717) is 5.39 Å². The molecule has 0 spiro atoms. The SMILES string of the molecule is O=S(=O)(O)c1cccc2ccccc12.O=[PH](O)O. The van der Waals surface area contributed by atoms with E-state index < -0.39 is 18.4 Å². The van der Waals surface area contributed by atoms with Crippen LogP contribution < -0.4 is 0 Å².